The van der Waals surface area contributed by atoms with Gasteiger partial charge in [0.2, 0.25) is 11.7 Å². The number of hydrogen-bond donors (Lipinski definition) is 3. The minimum atomic E-state index is -1.41. The molecule has 0 aliphatic rings. The van der Waals surface area contributed by atoms with Crippen LogP contribution in [0.5, 0.6) is 5.75 Å². The number of aliphatic hydroxyl groups excluding tert-OH is 2. The topological polar surface area (TPSA) is 145 Å². The lowest BCUT2D eigenvalue weighted by atomic mass is 10.0. The van der Waals surface area contributed by atoms with Crippen molar-refractivity contribution in [2.75, 3.05) is 6.61 Å². The summed E-state index contributed by atoms with van der Waals surface area (Å²) in [4.78, 5) is 20.0. The number of rotatable bonds is 10. The lowest BCUT2D eigenvalue weighted by molar-refractivity contribution is -0.127. The van der Waals surface area contributed by atoms with Crippen molar-refractivity contribution in [3.05, 3.63) is 46.8 Å². The number of aromatic nitrogens is 3. The van der Waals surface area contributed by atoms with Gasteiger partial charge < -0.3 is 25.2 Å². The molecule has 0 spiro atoms. The molecule has 0 radical (unpaired) electrons. The van der Waals surface area contributed by atoms with Gasteiger partial charge in [0, 0.05) is 28.9 Å². The molecule has 176 valence electrons. The van der Waals surface area contributed by atoms with E-state index in [0.29, 0.717) is 23.9 Å². The number of pyridine rings is 1. The van der Waals surface area contributed by atoms with E-state index in [-0.39, 0.29) is 13.0 Å². The molecule has 0 saturated heterocycles. The fourth-order valence-electron chi connectivity index (χ4n) is 3.57. The third-order valence-corrected chi connectivity index (χ3v) is 5.28. The molecule has 0 aliphatic carbocycles. The molecule has 3 rings (SSSR count). The highest BCUT2D eigenvalue weighted by Crippen LogP contribution is 2.31. The van der Waals surface area contributed by atoms with Gasteiger partial charge in [-0.05, 0) is 62.1 Å². The van der Waals surface area contributed by atoms with Gasteiger partial charge >= 0.3 is 0 Å². The molecule has 0 bridgehead atoms. The van der Waals surface area contributed by atoms with Crippen LogP contribution < -0.4 is 10.5 Å². The number of amides is 1. The normalized spacial score (nSPS) is 13.0. The van der Waals surface area contributed by atoms with E-state index in [1.165, 1.54) is 0 Å². The molecule has 0 saturated carbocycles. The van der Waals surface area contributed by atoms with Crippen LogP contribution in [0.4, 0.5) is 0 Å². The van der Waals surface area contributed by atoms with Crippen molar-refractivity contribution in [2.45, 2.75) is 59.2 Å². The Morgan fingerprint density at radius 3 is 2.52 bits per heavy atom. The largest absolute Gasteiger partial charge is 0.490 e. The van der Waals surface area contributed by atoms with E-state index in [1.54, 1.807) is 0 Å². The first kappa shape index (κ1) is 24.3. The van der Waals surface area contributed by atoms with Gasteiger partial charge in [0.1, 0.15) is 18.5 Å². The molecule has 2 atom stereocenters. The maximum atomic E-state index is 11.0. The zero-order valence-corrected chi connectivity index (χ0v) is 19.3. The van der Waals surface area contributed by atoms with Crippen molar-refractivity contribution in [1.82, 2.24) is 15.1 Å². The van der Waals surface area contributed by atoms with Gasteiger partial charge in [0.25, 0.3) is 5.89 Å². The highest BCUT2D eigenvalue weighted by molar-refractivity contribution is 5.78. The first-order valence-electron chi connectivity index (χ1n) is 11.0. The van der Waals surface area contributed by atoms with E-state index in [0.717, 1.165) is 40.1 Å². The lowest BCUT2D eigenvalue weighted by Gasteiger charge is -2.18. The third kappa shape index (κ3) is 5.94. The maximum absolute atomic E-state index is 11.0. The molecule has 2 heterocycles. The average Bonchev–Trinajstić information content (AvgIpc) is 3.27. The second kappa shape index (κ2) is 10.5. The van der Waals surface area contributed by atoms with Crippen molar-refractivity contribution in [2.24, 2.45) is 5.73 Å². The van der Waals surface area contributed by atoms with Gasteiger partial charge in [-0.1, -0.05) is 19.0 Å². The first-order valence-corrected chi connectivity index (χ1v) is 11.0. The number of aryl methyl sites for hydroxylation is 4. The molecule has 1 aromatic carbocycles. The van der Waals surface area contributed by atoms with Crippen LogP contribution >= 0.6 is 0 Å². The minimum absolute atomic E-state index is 0.0783. The Kier molecular flexibility index (Phi) is 7.78. The van der Waals surface area contributed by atoms with Crippen LogP contribution in [-0.4, -0.2) is 50.1 Å². The fraction of sp³-hybridized carbons (Fsp3) is 0.417. The molecular formula is C24H30N4O5. The van der Waals surface area contributed by atoms with Crippen molar-refractivity contribution in [3.63, 3.8) is 0 Å². The minimum Gasteiger partial charge on any atom is -0.490 e. The van der Waals surface area contributed by atoms with Crippen LogP contribution in [0.2, 0.25) is 0 Å². The fourth-order valence-corrected chi connectivity index (χ4v) is 3.57. The van der Waals surface area contributed by atoms with Gasteiger partial charge in [-0.15, -0.1) is 0 Å². The summed E-state index contributed by atoms with van der Waals surface area (Å²) in [6.45, 7) is 7.78. The molecule has 4 N–H and O–H groups in total. The maximum Gasteiger partial charge on any atom is 0.258 e. The van der Waals surface area contributed by atoms with Crippen LogP contribution in [0.15, 0.2) is 28.8 Å². The van der Waals surface area contributed by atoms with Gasteiger partial charge in [-0.25, -0.2) is 0 Å². The number of benzene rings is 1. The zero-order valence-electron chi connectivity index (χ0n) is 19.3. The standard InChI is InChI=1S/C24H30N4O5/c1-5-15-9-16(7-13(3)21(15)32-12-19(29)11-20(30)22(25)31)23-27-24(33-28-23)17-8-14(4)26-18(6-2)10-17/h7-10,19-20,29-30H,5-6,11-12H2,1-4H3,(H2,25,31)/t19-,20?/m1/s1. The second-order valence-corrected chi connectivity index (χ2v) is 8.02. The summed E-state index contributed by atoms with van der Waals surface area (Å²) in [5, 5.41) is 23.7. The molecule has 0 aliphatic heterocycles. The van der Waals surface area contributed by atoms with Crippen LogP contribution in [0.1, 0.15) is 42.8 Å². The van der Waals surface area contributed by atoms with Crippen LogP contribution in [-0.2, 0) is 17.6 Å². The third-order valence-electron chi connectivity index (χ3n) is 5.28. The Bertz CT molecular complexity index is 1130. The summed E-state index contributed by atoms with van der Waals surface area (Å²) < 4.78 is 11.3. The number of carbonyl (C=O) groups is 1. The predicted octanol–water partition coefficient (Wildman–Crippen LogP) is 2.52. The summed E-state index contributed by atoms with van der Waals surface area (Å²) in [6.07, 6.45) is -1.14. The Balaban J connectivity index is 1.81. The highest BCUT2D eigenvalue weighted by Gasteiger charge is 2.19. The van der Waals surface area contributed by atoms with E-state index >= 15 is 0 Å². The summed E-state index contributed by atoms with van der Waals surface area (Å²) in [7, 11) is 0. The summed E-state index contributed by atoms with van der Waals surface area (Å²) in [5.74, 6) is 0.648. The second-order valence-electron chi connectivity index (χ2n) is 8.02. The summed E-state index contributed by atoms with van der Waals surface area (Å²) in [5.41, 5.74) is 10.2. The van der Waals surface area contributed by atoms with Crippen LogP contribution in [0.25, 0.3) is 22.8 Å². The first-order chi connectivity index (χ1) is 15.7. The number of hydrogen-bond acceptors (Lipinski definition) is 8. The van der Waals surface area contributed by atoms with Gasteiger partial charge in [0.15, 0.2) is 0 Å². The molecule has 0 fully saturated rings. The van der Waals surface area contributed by atoms with E-state index in [2.05, 4.69) is 15.1 Å². The molecule has 2 aromatic heterocycles. The molecule has 3 aromatic rings. The number of aliphatic hydroxyl groups is 2. The van der Waals surface area contributed by atoms with Gasteiger partial charge in [-0.3, -0.25) is 9.78 Å². The van der Waals surface area contributed by atoms with E-state index in [4.69, 9.17) is 15.0 Å². The smallest absolute Gasteiger partial charge is 0.258 e. The number of ether oxygens (including phenoxy) is 1. The Morgan fingerprint density at radius 1 is 1.09 bits per heavy atom. The predicted molar refractivity (Wildman–Crippen MR) is 123 cm³/mol. The molecular weight excluding hydrogens is 424 g/mol. The monoisotopic (exact) mass is 454 g/mol. The number of carbonyl (C=O) groups excluding carboxylic acids is 1. The van der Waals surface area contributed by atoms with Crippen molar-refractivity contribution in [3.8, 4) is 28.6 Å². The average molecular weight is 455 g/mol. The molecule has 9 heteroatoms. The number of nitrogens with zero attached hydrogens (tertiary/aromatic N) is 3. The van der Waals surface area contributed by atoms with Crippen LogP contribution in [0, 0.1) is 13.8 Å². The van der Waals surface area contributed by atoms with E-state index < -0.39 is 18.1 Å². The van der Waals surface area contributed by atoms with Gasteiger partial charge in [-0.2, -0.15) is 4.98 Å². The number of nitrogens with two attached hydrogens (primary N) is 1. The SMILES string of the molecule is CCc1cc(-c2nc(-c3cc(C)c(OC[C@H](O)CC(O)C(N)=O)c(CC)c3)no2)cc(C)n1. The molecule has 9 nitrogen and oxygen atoms in total. The Morgan fingerprint density at radius 2 is 1.85 bits per heavy atom. The highest BCUT2D eigenvalue weighted by atomic mass is 16.5. The summed E-state index contributed by atoms with van der Waals surface area (Å²) >= 11 is 0. The van der Waals surface area contributed by atoms with E-state index in [1.807, 2.05) is 52.0 Å². The Labute approximate surface area is 192 Å². The Hall–Kier alpha value is -3.30. The van der Waals surface area contributed by atoms with Crippen molar-refractivity contribution >= 4 is 5.91 Å². The van der Waals surface area contributed by atoms with Crippen molar-refractivity contribution in [1.29, 1.82) is 0 Å². The molecule has 1 unspecified atom stereocenters. The van der Waals surface area contributed by atoms with Gasteiger partial charge in [0.05, 0.1) is 6.10 Å². The lowest BCUT2D eigenvalue weighted by Crippen LogP contribution is -2.33. The summed E-state index contributed by atoms with van der Waals surface area (Å²) in [6, 6.07) is 7.68. The van der Waals surface area contributed by atoms with E-state index in [9.17, 15) is 15.0 Å². The quantitative estimate of drug-likeness (QED) is 0.424. The van der Waals surface area contributed by atoms with Crippen molar-refractivity contribution < 1.29 is 24.3 Å². The number of primary amides is 1. The zero-order chi connectivity index (χ0) is 24.1. The molecule has 1 amide bonds. The van der Waals surface area contributed by atoms with Crippen LogP contribution in [0.3, 0.4) is 0 Å². The molecule has 33 heavy (non-hydrogen) atoms.